The Morgan fingerprint density at radius 2 is 2.06 bits per heavy atom. The first-order valence-corrected chi connectivity index (χ1v) is 12.3. The summed E-state index contributed by atoms with van der Waals surface area (Å²) in [4.78, 5) is 40.0. The van der Waals surface area contributed by atoms with Crippen LogP contribution in [0, 0.1) is 16.0 Å². The quantitative estimate of drug-likeness (QED) is 0.395. The number of nitro benzene ring substituents is 1. The van der Waals surface area contributed by atoms with E-state index in [0.29, 0.717) is 25.1 Å². The van der Waals surface area contributed by atoms with Crippen LogP contribution in [0.15, 0.2) is 46.9 Å². The first-order valence-electron chi connectivity index (χ1n) is 11.4. The molecule has 1 aliphatic heterocycles. The number of hydrazone groups is 1. The second-order valence-electron chi connectivity index (χ2n) is 8.57. The maximum absolute atomic E-state index is 13.5. The number of ether oxygens (including phenoxy) is 1. The highest BCUT2D eigenvalue weighted by molar-refractivity contribution is 7.12. The van der Waals surface area contributed by atoms with Gasteiger partial charge in [-0.2, -0.15) is 5.10 Å². The maximum Gasteiger partial charge on any atom is 0.269 e. The van der Waals surface area contributed by atoms with Crippen LogP contribution in [0.25, 0.3) is 0 Å². The zero-order chi connectivity index (χ0) is 24.1. The summed E-state index contributed by atoms with van der Waals surface area (Å²) in [5, 5.41) is 19.3. The molecule has 1 unspecified atom stereocenters. The number of nitrogens with zero attached hydrogens (tertiary/aromatic N) is 4. The summed E-state index contributed by atoms with van der Waals surface area (Å²) < 4.78 is 5.18. The lowest BCUT2D eigenvalue weighted by Crippen LogP contribution is -2.44. The van der Waals surface area contributed by atoms with Gasteiger partial charge in [-0.15, -0.1) is 11.3 Å². The molecule has 1 aliphatic carbocycles. The van der Waals surface area contributed by atoms with Crippen LogP contribution >= 0.6 is 11.3 Å². The normalized spacial score (nSPS) is 18.2. The zero-order valence-corrected chi connectivity index (χ0v) is 19.9. The van der Waals surface area contributed by atoms with Gasteiger partial charge in [0.2, 0.25) is 5.91 Å². The lowest BCUT2D eigenvalue weighted by molar-refractivity contribution is -0.385. The first kappa shape index (κ1) is 24.0. The number of hydrogen-bond acceptors (Lipinski definition) is 7. The fourth-order valence-corrected chi connectivity index (χ4v) is 5.29. The fraction of sp³-hybridized carbons (Fsp3) is 0.458. The van der Waals surface area contributed by atoms with Crippen molar-refractivity contribution < 1.29 is 19.2 Å². The second kappa shape index (κ2) is 10.9. The van der Waals surface area contributed by atoms with E-state index in [-0.39, 0.29) is 30.0 Å². The van der Waals surface area contributed by atoms with E-state index in [4.69, 9.17) is 4.74 Å². The van der Waals surface area contributed by atoms with Gasteiger partial charge in [0, 0.05) is 38.1 Å². The van der Waals surface area contributed by atoms with Crippen molar-refractivity contribution in [3.63, 3.8) is 0 Å². The molecule has 0 saturated heterocycles. The van der Waals surface area contributed by atoms with Crippen LogP contribution in [0.3, 0.4) is 0 Å². The fourth-order valence-electron chi connectivity index (χ4n) is 4.57. The highest BCUT2D eigenvalue weighted by atomic mass is 32.1. The predicted molar refractivity (Wildman–Crippen MR) is 129 cm³/mol. The molecule has 1 aromatic carbocycles. The summed E-state index contributed by atoms with van der Waals surface area (Å²) in [6, 6.07) is 9.70. The Morgan fingerprint density at radius 3 is 2.74 bits per heavy atom. The Hall–Kier alpha value is -3.11. The van der Waals surface area contributed by atoms with Gasteiger partial charge in [-0.05, 0) is 29.9 Å². The van der Waals surface area contributed by atoms with Crippen LogP contribution in [-0.2, 0) is 14.3 Å². The van der Waals surface area contributed by atoms with Gasteiger partial charge in [0.15, 0.2) is 0 Å². The van der Waals surface area contributed by atoms with Crippen molar-refractivity contribution in [3.8, 4) is 0 Å². The average molecular weight is 485 g/mol. The zero-order valence-electron chi connectivity index (χ0n) is 19.1. The molecular formula is C24H28N4O5S. The first-order chi connectivity index (χ1) is 16.5. The smallest absolute Gasteiger partial charge is 0.269 e. The van der Waals surface area contributed by atoms with E-state index in [9.17, 15) is 19.7 Å². The number of nitro groups is 1. The van der Waals surface area contributed by atoms with Crippen LogP contribution in [0.4, 0.5) is 5.69 Å². The largest absolute Gasteiger partial charge is 0.383 e. The minimum absolute atomic E-state index is 0.0172. The van der Waals surface area contributed by atoms with Gasteiger partial charge in [0.05, 0.1) is 28.2 Å². The summed E-state index contributed by atoms with van der Waals surface area (Å²) in [6.45, 7) is 0.559. The highest BCUT2D eigenvalue weighted by Crippen LogP contribution is 2.35. The molecule has 1 fully saturated rings. The Kier molecular flexibility index (Phi) is 7.69. The number of carbonyl (C=O) groups is 2. The van der Waals surface area contributed by atoms with Gasteiger partial charge >= 0.3 is 0 Å². The van der Waals surface area contributed by atoms with Crippen LogP contribution < -0.4 is 0 Å². The summed E-state index contributed by atoms with van der Waals surface area (Å²) in [5.74, 6) is -0.386. The molecule has 9 nitrogen and oxygen atoms in total. The van der Waals surface area contributed by atoms with Crippen molar-refractivity contribution in [2.75, 3.05) is 26.8 Å². The standard InChI is InChI=1S/C24H28N4O5S/c1-33-12-11-26(24(30)17-6-2-3-7-17)16-23(29)27-21(15-20(25-27)22-10-5-13-34-22)18-8-4-9-19(14-18)28(31)32/h4-5,8-10,13-14,17,21H,2-3,6-7,11-12,15-16H2,1H3. The predicted octanol–water partition coefficient (Wildman–Crippen LogP) is 4.00. The van der Waals surface area contributed by atoms with Gasteiger partial charge in [0.25, 0.3) is 11.6 Å². The molecule has 0 radical (unpaired) electrons. The molecule has 180 valence electrons. The molecule has 1 saturated carbocycles. The lowest BCUT2D eigenvalue weighted by Gasteiger charge is -2.28. The number of benzene rings is 1. The number of non-ortho nitro benzene ring substituents is 1. The number of carbonyl (C=O) groups excluding carboxylic acids is 2. The number of amides is 2. The molecular weight excluding hydrogens is 456 g/mol. The van der Waals surface area contributed by atoms with Gasteiger partial charge < -0.3 is 9.64 Å². The molecule has 1 aromatic heterocycles. The van der Waals surface area contributed by atoms with Crippen molar-refractivity contribution in [1.29, 1.82) is 0 Å². The molecule has 0 N–H and O–H groups in total. The number of thiophene rings is 1. The van der Waals surface area contributed by atoms with Crippen molar-refractivity contribution >= 4 is 34.6 Å². The highest BCUT2D eigenvalue weighted by Gasteiger charge is 2.36. The average Bonchev–Trinajstić information content (AvgIpc) is 3.62. The summed E-state index contributed by atoms with van der Waals surface area (Å²) >= 11 is 1.53. The van der Waals surface area contributed by atoms with Crippen LogP contribution in [0.1, 0.15) is 48.6 Å². The summed E-state index contributed by atoms with van der Waals surface area (Å²) in [5.41, 5.74) is 1.36. The topological polar surface area (TPSA) is 105 Å². The van der Waals surface area contributed by atoms with Crippen molar-refractivity contribution in [3.05, 3.63) is 62.3 Å². The Morgan fingerprint density at radius 1 is 1.26 bits per heavy atom. The molecule has 0 bridgehead atoms. The van der Waals surface area contributed by atoms with Crippen LogP contribution in [0.5, 0.6) is 0 Å². The number of methoxy groups -OCH3 is 1. The lowest BCUT2D eigenvalue weighted by atomic mass is 10.0. The van der Waals surface area contributed by atoms with Crippen molar-refractivity contribution in [1.82, 2.24) is 9.91 Å². The van der Waals surface area contributed by atoms with E-state index >= 15 is 0 Å². The van der Waals surface area contributed by atoms with Gasteiger partial charge in [-0.25, -0.2) is 5.01 Å². The van der Waals surface area contributed by atoms with Gasteiger partial charge in [-0.3, -0.25) is 19.7 Å². The third-order valence-electron chi connectivity index (χ3n) is 6.34. The third kappa shape index (κ3) is 5.34. The molecule has 10 heteroatoms. The van der Waals surface area contributed by atoms with Gasteiger partial charge in [-0.1, -0.05) is 31.0 Å². The molecule has 2 heterocycles. The van der Waals surface area contributed by atoms with Crippen LogP contribution in [-0.4, -0.2) is 59.2 Å². The molecule has 4 rings (SSSR count). The molecule has 1 atom stereocenters. The van der Waals surface area contributed by atoms with Gasteiger partial charge in [0.1, 0.15) is 6.54 Å². The maximum atomic E-state index is 13.5. The van der Waals surface area contributed by atoms with Crippen molar-refractivity contribution in [2.24, 2.45) is 11.0 Å². The van der Waals surface area contributed by atoms with E-state index in [1.54, 1.807) is 24.1 Å². The Labute approximate surface area is 202 Å². The summed E-state index contributed by atoms with van der Waals surface area (Å²) in [7, 11) is 1.57. The van der Waals surface area contributed by atoms with Crippen LogP contribution in [0.2, 0.25) is 0 Å². The minimum atomic E-state index is -0.477. The second-order valence-corrected chi connectivity index (χ2v) is 9.52. The monoisotopic (exact) mass is 484 g/mol. The molecule has 2 amide bonds. The molecule has 2 aromatic rings. The van der Waals surface area contributed by atoms with Crippen molar-refractivity contribution in [2.45, 2.75) is 38.1 Å². The molecule has 0 spiro atoms. The SMILES string of the molecule is COCCN(CC(=O)N1N=C(c2cccs2)CC1c1cccc([N+](=O)[O-])c1)C(=O)C1CCCC1. The number of hydrogen-bond donors (Lipinski definition) is 0. The van der Waals surface area contributed by atoms with E-state index in [2.05, 4.69) is 5.10 Å². The molecule has 2 aliphatic rings. The number of rotatable bonds is 9. The minimum Gasteiger partial charge on any atom is -0.383 e. The van der Waals surface area contributed by atoms with E-state index in [1.807, 2.05) is 17.5 Å². The third-order valence-corrected chi connectivity index (χ3v) is 7.26. The van der Waals surface area contributed by atoms with E-state index in [0.717, 1.165) is 36.3 Å². The summed E-state index contributed by atoms with van der Waals surface area (Å²) in [6.07, 6.45) is 4.19. The van der Waals surface area contributed by atoms with E-state index < -0.39 is 11.0 Å². The van der Waals surface area contributed by atoms with E-state index in [1.165, 1.54) is 28.5 Å². The Bertz CT molecular complexity index is 1070. The molecule has 34 heavy (non-hydrogen) atoms. The Balaban J connectivity index is 1.60.